The molecule has 3 aliphatic rings. The molecular formula is C113H82N6. The van der Waals surface area contributed by atoms with Gasteiger partial charge in [-0.15, -0.1) is 0 Å². The van der Waals surface area contributed by atoms with Gasteiger partial charge in [0.05, 0.1) is 33.6 Å². The van der Waals surface area contributed by atoms with Crippen LogP contribution in [0.5, 0.6) is 0 Å². The van der Waals surface area contributed by atoms with Crippen LogP contribution in [0.2, 0.25) is 0 Å². The normalized spacial score (nSPS) is 13.3. The largest absolute Gasteiger partial charge is 0.228 e. The smallest absolute Gasteiger partial charge is 0.160 e. The maximum absolute atomic E-state index is 5.20. The number of aromatic nitrogens is 6. The summed E-state index contributed by atoms with van der Waals surface area (Å²) in [5, 5.41) is 8.27. The summed E-state index contributed by atoms with van der Waals surface area (Å²) >= 11 is 0. The highest BCUT2D eigenvalue weighted by Crippen LogP contribution is 2.54. The Morgan fingerprint density at radius 1 is 0.160 bits per heavy atom. The van der Waals surface area contributed by atoms with Gasteiger partial charge in [0.2, 0.25) is 0 Å². The van der Waals surface area contributed by atoms with E-state index in [0.29, 0.717) is 0 Å². The third kappa shape index (κ3) is 12.7. The Morgan fingerprint density at radius 3 is 0.840 bits per heavy atom. The van der Waals surface area contributed by atoms with Gasteiger partial charge in [-0.1, -0.05) is 375 Å². The highest BCUT2D eigenvalue weighted by molar-refractivity contribution is 6.00. The fourth-order valence-electron chi connectivity index (χ4n) is 18.6. The van der Waals surface area contributed by atoms with E-state index < -0.39 is 0 Å². The lowest BCUT2D eigenvalue weighted by atomic mass is 9.81. The lowest BCUT2D eigenvalue weighted by molar-refractivity contribution is 0.660. The number of nitrogens with zero attached hydrogens (tertiary/aromatic N) is 6. The van der Waals surface area contributed by atoms with E-state index in [0.717, 1.165) is 101 Å². The SMILES string of the molecule is CC1(C)c2cc(-c3nc(-c4ccc(-c5ccccc5)cc4)nc4ccccc34)ccc2-c2cc3ccccc3cc21.CC1(C)c2ccccc2-c2ccc(-c3nc(-c4ccc(-c5ccc6ccccc6c5)cc4)nc4ccccc34)cc21.CC1(C)c2ccccc2-c2ccc(-c3nc(-c4ccc(-c5ccccc5)cc4)nc4ccccc34)cc21. The summed E-state index contributed by atoms with van der Waals surface area (Å²) in [6.07, 6.45) is 0. The Balaban J connectivity index is 0.000000111. The molecule has 20 aromatic rings. The molecule has 0 N–H and O–H groups in total. The van der Waals surface area contributed by atoms with Crippen LogP contribution in [0.15, 0.2) is 388 Å². The molecule has 0 atom stereocenters. The molecule has 0 spiro atoms. The van der Waals surface area contributed by atoms with Gasteiger partial charge in [0.1, 0.15) is 0 Å². The van der Waals surface area contributed by atoms with Crippen molar-refractivity contribution in [3.05, 3.63) is 422 Å². The molecule has 0 amide bonds. The minimum absolute atomic E-state index is 0.0547. The minimum Gasteiger partial charge on any atom is -0.228 e. The van der Waals surface area contributed by atoms with Crippen molar-refractivity contribution >= 4 is 54.3 Å². The predicted octanol–water partition coefficient (Wildman–Crippen LogP) is 29.1. The third-order valence-electron chi connectivity index (χ3n) is 25.1. The van der Waals surface area contributed by atoms with Gasteiger partial charge < -0.3 is 0 Å². The number of hydrogen-bond donors (Lipinski definition) is 0. The Kier molecular flexibility index (Phi) is 17.5. The van der Waals surface area contributed by atoms with Crippen LogP contribution in [0.4, 0.5) is 0 Å². The summed E-state index contributed by atoms with van der Waals surface area (Å²) in [6.45, 7) is 14.0. The highest BCUT2D eigenvalue weighted by Gasteiger charge is 2.39. The van der Waals surface area contributed by atoms with Crippen LogP contribution in [0.3, 0.4) is 0 Å². The molecule has 119 heavy (non-hydrogen) atoms. The average molecular weight is 1520 g/mol. The summed E-state index contributed by atoms with van der Waals surface area (Å²) in [5.74, 6) is 2.23. The predicted molar refractivity (Wildman–Crippen MR) is 495 cm³/mol. The molecule has 6 heteroatoms. The molecule has 23 rings (SSSR count). The molecule has 0 fully saturated rings. The van der Waals surface area contributed by atoms with Gasteiger partial charge >= 0.3 is 0 Å². The number of para-hydroxylation sites is 3. The van der Waals surface area contributed by atoms with Gasteiger partial charge in [-0.2, -0.15) is 0 Å². The molecule has 6 nitrogen and oxygen atoms in total. The van der Waals surface area contributed by atoms with Crippen molar-refractivity contribution in [1.29, 1.82) is 0 Å². The van der Waals surface area contributed by atoms with Crippen molar-refractivity contribution in [2.24, 2.45) is 0 Å². The molecule has 0 bridgehead atoms. The van der Waals surface area contributed by atoms with Crippen molar-refractivity contribution in [2.75, 3.05) is 0 Å². The van der Waals surface area contributed by atoms with E-state index in [1.54, 1.807) is 0 Å². The maximum atomic E-state index is 5.20. The minimum atomic E-state index is -0.107. The van der Waals surface area contributed by atoms with Crippen LogP contribution < -0.4 is 0 Å². The summed E-state index contributed by atoms with van der Waals surface area (Å²) < 4.78 is 0. The standard InChI is InChI=1S/2C39H28N2.C35H26N2/c1-39(2)34-13-7-5-11-31(34)32-22-21-30(24-35(32)39)37-33-12-6-8-14-36(33)40-38(41-37)27-18-15-26(16-19-27)29-20-17-25-9-3-4-10-28(25)23-29;1-39(2)34-24-30(20-21-31(34)33-22-28-12-6-7-13-29(28)23-35(33)39)37-32-14-8-9-15-36(32)40-38(41-37)27-18-16-26(17-19-27)25-10-4-3-5-11-25;1-35(2)30-14-8-6-12-27(30)28-21-20-26(22-31(28)35)33-29-13-7-9-15-32(29)36-34(37-33)25-18-16-24(17-19-25)23-10-4-3-5-11-23/h2*3-24H,1-2H3;3-22H,1-2H3. The molecular weight excluding hydrogens is 1440 g/mol. The molecule has 3 aromatic heterocycles. The molecule has 0 saturated heterocycles. The zero-order chi connectivity index (χ0) is 80.1. The molecule has 0 unspecified atom stereocenters. The van der Waals surface area contributed by atoms with E-state index in [1.807, 2.05) is 24.3 Å². The molecule has 0 aliphatic heterocycles. The van der Waals surface area contributed by atoms with E-state index in [1.165, 1.54) is 122 Å². The Morgan fingerprint density at radius 2 is 0.429 bits per heavy atom. The highest BCUT2D eigenvalue weighted by atomic mass is 14.9. The number of fused-ring (bicyclic) bond motifs is 14. The molecule has 3 aliphatic carbocycles. The van der Waals surface area contributed by atoms with E-state index >= 15 is 0 Å². The van der Waals surface area contributed by atoms with Gasteiger partial charge in [-0.3, -0.25) is 0 Å². The number of benzene rings is 17. The van der Waals surface area contributed by atoms with E-state index in [9.17, 15) is 0 Å². The molecule has 564 valence electrons. The van der Waals surface area contributed by atoms with Gasteiger partial charge in [0.15, 0.2) is 17.5 Å². The fourth-order valence-corrected chi connectivity index (χ4v) is 18.6. The second-order valence-electron chi connectivity index (χ2n) is 33.3. The van der Waals surface area contributed by atoms with Crippen LogP contribution in [0.25, 0.3) is 189 Å². The fraction of sp³-hybridized carbons (Fsp3) is 0.0796. The molecule has 0 radical (unpaired) electrons. The molecule has 0 saturated carbocycles. The Hall–Kier alpha value is -14.7. The summed E-state index contributed by atoms with van der Waals surface area (Å²) in [7, 11) is 0. The first kappa shape index (κ1) is 72.0. The van der Waals surface area contributed by atoms with E-state index in [2.05, 4.69) is 406 Å². The van der Waals surface area contributed by atoms with Crippen LogP contribution in [-0.4, -0.2) is 29.9 Å². The van der Waals surface area contributed by atoms with Crippen molar-refractivity contribution < 1.29 is 0 Å². The lowest BCUT2D eigenvalue weighted by Gasteiger charge is -2.22. The molecule has 3 heterocycles. The van der Waals surface area contributed by atoms with Crippen LogP contribution in [0, 0.1) is 0 Å². The van der Waals surface area contributed by atoms with Crippen molar-refractivity contribution in [2.45, 2.75) is 57.8 Å². The Labute approximate surface area is 693 Å². The maximum Gasteiger partial charge on any atom is 0.160 e. The van der Waals surface area contributed by atoms with Gasteiger partial charge in [-0.05, 0) is 176 Å². The second-order valence-corrected chi connectivity index (χ2v) is 33.3. The Bertz CT molecular complexity index is 7410. The summed E-state index contributed by atoms with van der Waals surface area (Å²) in [5.41, 5.74) is 35.3. The summed E-state index contributed by atoms with van der Waals surface area (Å²) in [6, 6.07) is 138. The third-order valence-corrected chi connectivity index (χ3v) is 25.1. The lowest BCUT2D eigenvalue weighted by Crippen LogP contribution is -2.15. The monoisotopic (exact) mass is 1520 g/mol. The van der Waals surface area contributed by atoms with Crippen molar-refractivity contribution in [3.63, 3.8) is 0 Å². The summed E-state index contributed by atoms with van der Waals surface area (Å²) in [4.78, 5) is 30.5. The van der Waals surface area contributed by atoms with Crippen molar-refractivity contribution in [3.8, 4) is 135 Å². The number of hydrogen-bond acceptors (Lipinski definition) is 6. The second kappa shape index (κ2) is 28.9. The number of rotatable bonds is 9. The quantitative estimate of drug-likeness (QED) is 0.143. The topological polar surface area (TPSA) is 77.3 Å². The average Bonchev–Trinajstić information content (AvgIpc) is 1.59. The van der Waals surface area contributed by atoms with Gasteiger partial charge in [-0.25, -0.2) is 29.9 Å². The van der Waals surface area contributed by atoms with Crippen LogP contribution in [0.1, 0.15) is 74.9 Å². The van der Waals surface area contributed by atoms with Crippen molar-refractivity contribution in [1.82, 2.24) is 29.9 Å². The first-order chi connectivity index (χ1) is 58.2. The first-order valence-electron chi connectivity index (χ1n) is 41.1. The van der Waals surface area contributed by atoms with E-state index in [4.69, 9.17) is 29.9 Å². The van der Waals surface area contributed by atoms with E-state index in [-0.39, 0.29) is 16.2 Å². The van der Waals surface area contributed by atoms with Gasteiger partial charge in [0, 0.05) is 65.8 Å². The zero-order valence-electron chi connectivity index (χ0n) is 67.1. The molecule has 17 aromatic carbocycles. The van der Waals surface area contributed by atoms with Crippen LogP contribution >= 0.6 is 0 Å². The first-order valence-corrected chi connectivity index (χ1v) is 41.1. The zero-order valence-corrected chi connectivity index (χ0v) is 67.1. The van der Waals surface area contributed by atoms with Gasteiger partial charge in [0.25, 0.3) is 0 Å². The van der Waals surface area contributed by atoms with Crippen LogP contribution in [-0.2, 0) is 16.2 Å².